The number of rotatable bonds is 3. The number of benzene rings is 2. The van der Waals surface area contributed by atoms with E-state index < -0.39 is 10.7 Å². The molecule has 0 aliphatic rings. The van der Waals surface area contributed by atoms with Crippen molar-refractivity contribution in [3.05, 3.63) is 58.4 Å². The van der Waals surface area contributed by atoms with Crippen LogP contribution in [0.4, 0.5) is 10.1 Å². The fraction of sp³-hybridized carbons (Fsp3) is 0.0769. The summed E-state index contributed by atoms with van der Waals surface area (Å²) in [6.07, 6.45) is 0. The van der Waals surface area contributed by atoms with Crippen LogP contribution in [0.2, 0.25) is 0 Å². The lowest BCUT2D eigenvalue weighted by Crippen LogP contribution is -1.95. The van der Waals surface area contributed by atoms with Crippen molar-refractivity contribution in [1.82, 2.24) is 0 Å². The summed E-state index contributed by atoms with van der Waals surface area (Å²) in [5.41, 5.74) is 0.546. The molecule has 0 aliphatic carbocycles. The fourth-order valence-corrected chi connectivity index (χ4v) is 1.75. The summed E-state index contributed by atoms with van der Waals surface area (Å²) in [7, 11) is 1.46. The van der Waals surface area contributed by atoms with E-state index in [-0.39, 0.29) is 11.3 Å². The van der Waals surface area contributed by atoms with Crippen molar-refractivity contribution in [2.75, 3.05) is 7.11 Å². The van der Waals surface area contributed by atoms with Crippen LogP contribution in [-0.2, 0) is 0 Å². The van der Waals surface area contributed by atoms with Crippen LogP contribution in [0.3, 0.4) is 0 Å². The van der Waals surface area contributed by atoms with E-state index in [4.69, 9.17) is 4.74 Å². The minimum Gasteiger partial charge on any atom is -0.496 e. The van der Waals surface area contributed by atoms with E-state index >= 15 is 0 Å². The Kier molecular flexibility index (Phi) is 3.23. The van der Waals surface area contributed by atoms with E-state index in [0.717, 1.165) is 18.2 Å². The van der Waals surface area contributed by atoms with Gasteiger partial charge < -0.3 is 4.74 Å². The van der Waals surface area contributed by atoms with Gasteiger partial charge in [-0.15, -0.1) is 0 Å². The number of hydrogen-bond acceptors (Lipinski definition) is 3. The summed E-state index contributed by atoms with van der Waals surface area (Å²) in [6.45, 7) is 0. The summed E-state index contributed by atoms with van der Waals surface area (Å²) in [5, 5.41) is 10.9. The molecular formula is C13H10FNO3. The Morgan fingerprint density at radius 3 is 2.56 bits per heavy atom. The van der Waals surface area contributed by atoms with Gasteiger partial charge in [0.2, 0.25) is 0 Å². The molecule has 0 N–H and O–H groups in total. The molecule has 0 bridgehead atoms. The van der Waals surface area contributed by atoms with Crippen LogP contribution in [0.5, 0.6) is 5.75 Å². The zero-order valence-electron chi connectivity index (χ0n) is 9.59. The quantitative estimate of drug-likeness (QED) is 0.617. The molecule has 2 rings (SSSR count). The Bertz CT molecular complexity index is 599. The van der Waals surface area contributed by atoms with Crippen LogP contribution in [0.1, 0.15) is 0 Å². The van der Waals surface area contributed by atoms with Crippen molar-refractivity contribution < 1.29 is 14.1 Å². The number of nitro benzene ring substituents is 1. The zero-order chi connectivity index (χ0) is 13.1. The van der Waals surface area contributed by atoms with Crippen LogP contribution in [0.25, 0.3) is 11.1 Å². The van der Waals surface area contributed by atoms with E-state index in [0.29, 0.717) is 11.3 Å². The Hall–Kier alpha value is -2.43. The van der Waals surface area contributed by atoms with Crippen LogP contribution < -0.4 is 4.74 Å². The van der Waals surface area contributed by atoms with E-state index in [1.54, 1.807) is 24.3 Å². The standard InChI is InChI=1S/C13H10FNO3/c1-18-13-5-3-2-4-10(13)11-8-9(14)6-7-12(11)15(16)17/h2-8H,1H3. The van der Waals surface area contributed by atoms with E-state index in [1.807, 2.05) is 0 Å². The average Bonchev–Trinajstić information content (AvgIpc) is 2.38. The zero-order valence-corrected chi connectivity index (χ0v) is 9.59. The summed E-state index contributed by atoms with van der Waals surface area (Å²) in [6, 6.07) is 10.1. The summed E-state index contributed by atoms with van der Waals surface area (Å²) in [4.78, 5) is 10.4. The monoisotopic (exact) mass is 247 g/mol. The fourth-order valence-electron chi connectivity index (χ4n) is 1.75. The molecular weight excluding hydrogens is 237 g/mol. The maximum atomic E-state index is 13.3. The molecule has 0 spiro atoms. The maximum Gasteiger partial charge on any atom is 0.277 e. The van der Waals surface area contributed by atoms with Crippen LogP contribution >= 0.6 is 0 Å². The van der Waals surface area contributed by atoms with Gasteiger partial charge in [0.25, 0.3) is 5.69 Å². The van der Waals surface area contributed by atoms with Gasteiger partial charge in [-0.25, -0.2) is 4.39 Å². The summed E-state index contributed by atoms with van der Waals surface area (Å²) >= 11 is 0. The van der Waals surface area contributed by atoms with Crippen molar-refractivity contribution in [2.24, 2.45) is 0 Å². The second kappa shape index (κ2) is 4.83. The Labute approximate surface area is 103 Å². The van der Waals surface area contributed by atoms with Gasteiger partial charge in [-0.3, -0.25) is 10.1 Å². The Balaban J connectivity index is 2.69. The van der Waals surface area contributed by atoms with Crippen LogP contribution in [0.15, 0.2) is 42.5 Å². The lowest BCUT2D eigenvalue weighted by atomic mass is 10.0. The number of methoxy groups -OCH3 is 1. The second-order valence-corrected chi connectivity index (χ2v) is 3.62. The van der Waals surface area contributed by atoms with Gasteiger partial charge in [0.15, 0.2) is 0 Å². The molecule has 0 amide bonds. The number of halogens is 1. The molecule has 0 saturated heterocycles. The minimum atomic E-state index is -0.540. The molecule has 2 aromatic carbocycles. The highest BCUT2D eigenvalue weighted by Crippen LogP contribution is 2.36. The molecule has 4 nitrogen and oxygen atoms in total. The van der Waals surface area contributed by atoms with Gasteiger partial charge in [0.05, 0.1) is 17.6 Å². The Morgan fingerprint density at radius 1 is 1.17 bits per heavy atom. The first kappa shape index (κ1) is 12.0. The third-order valence-corrected chi connectivity index (χ3v) is 2.55. The van der Waals surface area contributed by atoms with Crippen molar-refractivity contribution in [1.29, 1.82) is 0 Å². The topological polar surface area (TPSA) is 52.4 Å². The van der Waals surface area contributed by atoms with Gasteiger partial charge in [0.1, 0.15) is 11.6 Å². The highest BCUT2D eigenvalue weighted by Gasteiger charge is 2.18. The lowest BCUT2D eigenvalue weighted by Gasteiger charge is -2.08. The molecule has 0 unspecified atom stereocenters. The van der Waals surface area contributed by atoms with Gasteiger partial charge in [-0.2, -0.15) is 0 Å². The molecule has 0 radical (unpaired) electrons. The van der Waals surface area contributed by atoms with E-state index in [9.17, 15) is 14.5 Å². The largest absolute Gasteiger partial charge is 0.496 e. The molecule has 92 valence electrons. The van der Waals surface area contributed by atoms with Gasteiger partial charge in [0, 0.05) is 11.6 Å². The molecule has 0 heterocycles. The number of nitrogens with zero attached hydrogens (tertiary/aromatic N) is 1. The van der Waals surface area contributed by atoms with Gasteiger partial charge in [-0.1, -0.05) is 18.2 Å². The molecule has 0 fully saturated rings. The smallest absolute Gasteiger partial charge is 0.277 e. The minimum absolute atomic E-state index is 0.152. The number of para-hydroxylation sites is 1. The van der Waals surface area contributed by atoms with E-state index in [2.05, 4.69) is 0 Å². The first-order valence-electron chi connectivity index (χ1n) is 5.21. The highest BCUT2D eigenvalue weighted by atomic mass is 19.1. The molecule has 5 heteroatoms. The number of ether oxygens (including phenoxy) is 1. The third-order valence-electron chi connectivity index (χ3n) is 2.55. The van der Waals surface area contributed by atoms with Crippen molar-refractivity contribution in [3.8, 4) is 16.9 Å². The number of hydrogen-bond donors (Lipinski definition) is 0. The molecule has 0 aliphatic heterocycles. The molecule has 2 aromatic rings. The lowest BCUT2D eigenvalue weighted by molar-refractivity contribution is -0.384. The number of nitro groups is 1. The van der Waals surface area contributed by atoms with Gasteiger partial charge in [-0.05, 0) is 18.2 Å². The van der Waals surface area contributed by atoms with E-state index in [1.165, 1.54) is 7.11 Å². The first-order chi connectivity index (χ1) is 8.63. The molecule has 0 atom stereocenters. The predicted octanol–water partition coefficient (Wildman–Crippen LogP) is 3.41. The predicted molar refractivity (Wildman–Crippen MR) is 65.0 cm³/mol. The maximum absolute atomic E-state index is 13.3. The first-order valence-corrected chi connectivity index (χ1v) is 5.21. The molecule has 0 saturated carbocycles. The van der Waals surface area contributed by atoms with Crippen molar-refractivity contribution in [3.63, 3.8) is 0 Å². The average molecular weight is 247 g/mol. The second-order valence-electron chi connectivity index (χ2n) is 3.62. The van der Waals surface area contributed by atoms with Crippen LogP contribution in [0, 0.1) is 15.9 Å². The molecule has 18 heavy (non-hydrogen) atoms. The third kappa shape index (κ3) is 2.15. The summed E-state index contributed by atoms with van der Waals surface area (Å²) < 4.78 is 18.4. The summed E-state index contributed by atoms with van der Waals surface area (Å²) in [5.74, 6) is -0.0623. The van der Waals surface area contributed by atoms with Crippen molar-refractivity contribution >= 4 is 5.69 Å². The SMILES string of the molecule is COc1ccccc1-c1cc(F)ccc1[N+](=O)[O-]. The van der Waals surface area contributed by atoms with Crippen molar-refractivity contribution in [2.45, 2.75) is 0 Å². The van der Waals surface area contributed by atoms with Gasteiger partial charge >= 0.3 is 0 Å². The normalized spacial score (nSPS) is 10.1. The highest BCUT2D eigenvalue weighted by molar-refractivity contribution is 5.78. The Morgan fingerprint density at radius 2 is 1.89 bits per heavy atom. The van der Waals surface area contributed by atoms with Crippen LogP contribution in [-0.4, -0.2) is 12.0 Å². The molecule has 0 aromatic heterocycles.